The molecule has 0 radical (unpaired) electrons. The molecule has 5 atom stereocenters. The molecule has 14 heteroatoms. The highest BCUT2D eigenvalue weighted by atomic mass is 16.7. The van der Waals surface area contributed by atoms with Crippen molar-refractivity contribution in [3.63, 3.8) is 0 Å². The number of carbonyl (C=O) groups excluding carboxylic acids is 4. The highest BCUT2D eigenvalue weighted by Crippen LogP contribution is 2.28. The van der Waals surface area contributed by atoms with Crippen molar-refractivity contribution in [3.8, 4) is 0 Å². The molecule has 2 N–H and O–H groups in total. The van der Waals surface area contributed by atoms with Gasteiger partial charge in [-0.1, -0.05) is 0 Å². The van der Waals surface area contributed by atoms with Gasteiger partial charge in [-0.3, -0.25) is 24.0 Å². The van der Waals surface area contributed by atoms with E-state index in [9.17, 15) is 24.0 Å². The van der Waals surface area contributed by atoms with Gasteiger partial charge in [0, 0.05) is 27.7 Å². The molecule has 1 heterocycles. The average Bonchev–Trinajstić information content (AvgIpc) is 2.73. The summed E-state index contributed by atoms with van der Waals surface area (Å²) >= 11 is 0. The fourth-order valence-corrected chi connectivity index (χ4v) is 3.14. The van der Waals surface area contributed by atoms with Gasteiger partial charge < -0.3 is 43.6 Å². The van der Waals surface area contributed by atoms with Crippen LogP contribution in [0.2, 0.25) is 0 Å². The molecule has 0 aliphatic carbocycles. The first-order valence-electron chi connectivity index (χ1n) is 10.9. The summed E-state index contributed by atoms with van der Waals surface area (Å²) in [5.41, 5.74) is 0. The normalized spacial score (nSPS) is 23.7. The van der Waals surface area contributed by atoms with Crippen LogP contribution in [-0.4, -0.2) is 105 Å². The standard InChI is InChI=1S/C21H33NO13/c1-12(23)22-18-20(34-15(4)26)19(33-14(3)25)16(11-32-13(2)24)35-21(18)31-10-9-30-8-7-29-6-5-17(27)28/h16,18-21H,5-11H2,1-4H3,(H,22,23)(H,27,28). The van der Waals surface area contributed by atoms with Crippen molar-refractivity contribution >= 4 is 29.8 Å². The van der Waals surface area contributed by atoms with Gasteiger partial charge >= 0.3 is 23.9 Å². The molecule has 0 spiro atoms. The molecule has 0 aromatic heterocycles. The third kappa shape index (κ3) is 12.5. The lowest BCUT2D eigenvalue weighted by molar-refractivity contribution is -0.279. The molecule has 0 saturated carbocycles. The lowest BCUT2D eigenvalue weighted by Crippen LogP contribution is -2.66. The number of ether oxygens (including phenoxy) is 7. The second-order valence-electron chi connectivity index (χ2n) is 7.46. The Morgan fingerprint density at radius 2 is 1.37 bits per heavy atom. The van der Waals surface area contributed by atoms with E-state index in [0.717, 1.165) is 13.8 Å². The van der Waals surface area contributed by atoms with E-state index < -0.39 is 60.4 Å². The molecular formula is C21H33NO13. The number of hydrogen-bond donors (Lipinski definition) is 2. The first-order chi connectivity index (χ1) is 16.5. The first-order valence-corrected chi connectivity index (χ1v) is 10.9. The number of aliphatic carboxylic acids is 1. The van der Waals surface area contributed by atoms with Crippen LogP contribution in [0, 0.1) is 0 Å². The van der Waals surface area contributed by atoms with Crippen molar-refractivity contribution in [3.05, 3.63) is 0 Å². The molecule has 35 heavy (non-hydrogen) atoms. The Bertz CT molecular complexity index is 728. The molecule has 1 aliphatic heterocycles. The zero-order chi connectivity index (χ0) is 26.4. The van der Waals surface area contributed by atoms with Crippen molar-refractivity contribution in [2.24, 2.45) is 0 Å². The summed E-state index contributed by atoms with van der Waals surface area (Å²) in [6.45, 7) is 4.90. The second kappa shape index (κ2) is 16.0. The maximum absolute atomic E-state index is 11.8. The van der Waals surface area contributed by atoms with Crippen LogP contribution in [0.1, 0.15) is 34.1 Å². The highest BCUT2D eigenvalue weighted by molar-refractivity contribution is 5.73. The molecule has 1 rings (SSSR count). The molecule has 5 unspecified atom stereocenters. The van der Waals surface area contributed by atoms with Crippen molar-refractivity contribution in [2.75, 3.05) is 39.6 Å². The largest absolute Gasteiger partial charge is 0.481 e. The Balaban J connectivity index is 2.85. The van der Waals surface area contributed by atoms with Crippen LogP contribution in [0.5, 0.6) is 0 Å². The van der Waals surface area contributed by atoms with Crippen molar-refractivity contribution < 1.29 is 62.2 Å². The Kier molecular flexibility index (Phi) is 13.8. The number of carbonyl (C=O) groups is 5. The number of carboxylic acid groups (broad SMARTS) is 1. The van der Waals surface area contributed by atoms with Crippen molar-refractivity contribution in [2.45, 2.75) is 64.8 Å². The minimum absolute atomic E-state index is 0.0127. The van der Waals surface area contributed by atoms with Gasteiger partial charge in [0.05, 0.1) is 39.5 Å². The third-order valence-corrected chi connectivity index (χ3v) is 4.41. The molecule has 1 aliphatic rings. The molecule has 1 saturated heterocycles. The number of esters is 3. The summed E-state index contributed by atoms with van der Waals surface area (Å²) in [7, 11) is 0. The molecule has 0 bridgehead atoms. The van der Waals surface area contributed by atoms with Gasteiger partial charge in [0.25, 0.3) is 0 Å². The number of carboxylic acids is 1. The van der Waals surface area contributed by atoms with Gasteiger partial charge in [-0.15, -0.1) is 0 Å². The van der Waals surface area contributed by atoms with Crippen LogP contribution in [0.4, 0.5) is 0 Å². The van der Waals surface area contributed by atoms with Gasteiger partial charge in [-0.2, -0.15) is 0 Å². The highest BCUT2D eigenvalue weighted by Gasteiger charge is 2.51. The van der Waals surface area contributed by atoms with Gasteiger partial charge in [-0.05, 0) is 0 Å². The summed E-state index contributed by atoms with van der Waals surface area (Å²) in [5, 5.41) is 11.1. The van der Waals surface area contributed by atoms with E-state index in [1.165, 1.54) is 13.8 Å². The topological polar surface area (TPSA) is 182 Å². The Hall–Kier alpha value is -2.81. The SMILES string of the molecule is CC(=O)NC1C(OCCOCCOCCC(=O)O)OC(COC(C)=O)C(OC(C)=O)C1OC(C)=O. The van der Waals surface area contributed by atoms with Crippen LogP contribution >= 0.6 is 0 Å². The van der Waals surface area contributed by atoms with E-state index in [0.29, 0.717) is 0 Å². The van der Waals surface area contributed by atoms with E-state index in [4.69, 9.17) is 38.3 Å². The van der Waals surface area contributed by atoms with E-state index in [1.54, 1.807) is 0 Å². The van der Waals surface area contributed by atoms with Crippen LogP contribution in [-0.2, 0) is 57.1 Å². The Morgan fingerprint density at radius 1 is 0.800 bits per heavy atom. The maximum atomic E-state index is 11.8. The lowest BCUT2D eigenvalue weighted by atomic mass is 9.96. The zero-order valence-corrected chi connectivity index (χ0v) is 20.2. The zero-order valence-electron chi connectivity index (χ0n) is 20.2. The van der Waals surface area contributed by atoms with Gasteiger partial charge in [0.2, 0.25) is 5.91 Å². The van der Waals surface area contributed by atoms with Crippen LogP contribution in [0.15, 0.2) is 0 Å². The monoisotopic (exact) mass is 507 g/mol. The summed E-state index contributed by atoms with van der Waals surface area (Å²) < 4.78 is 37.7. The number of amides is 1. The van der Waals surface area contributed by atoms with Crippen LogP contribution in [0.25, 0.3) is 0 Å². The van der Waals surface area contributed by atoms with Gasteiger partial charge in [-0.25, -0.2) is 0 Å². The molecular weight excluding hydrogens is 474 g/mol. The predicted molar refractivity (Wildman–Crippen MR) is 114 cm³/mol. The lowest BCUT2D eigenvalue weighted by Gasteiger charge is -2.44. The molecule has 0 aromatic rings. The third-order valence-electron chi connectivity index (χ3n) is 4.41. The summed E-state index contributed by atoms with van der Waals surface area (Å²) in [6.07, 6.45) is -4.76. The number of hydrogen-bond acceptors (Lipinski definition) is 12. The second-order valence-corrected chi connectivity index (χ2v) is 7.46. The predicted octanol–water partition coefficient (Wildman–Crippen LogP) is -0.833. The number of nitrogens with one attached hydrogen (secondary N) is 1. The van der Waals surface area contributed by atoms with E-state index >= 15 is 0 Å². The Labute approximate surface area is 202 Å². The summed E-state index contributed by atoms with van der Waals surface area (Å²) in [5.74, 6) is -3.47. The quantitative estimate of drug-likeness (QED) is 0.159. The minimum atomic E-state index is -1.21. The minimum Gasteiger partial charge on any atom is -0.481 e. The molecule has 200 valence electrons. The molecule has 14 nitrogen and oxygen atoms in total. The summed E-state index contributed by atoms with van der Waals surface area (Å²) in [4.78, 5) is 57.1. The van der Waals surface area contributed by atoms with Gasteiger partial charge in [0.15, 0.2) is 18.5 Å². The molecule has 0 aromatic carbocycles. The summed E-state index contributed by atoms with van der Waals surface area (Å²) in [6, 6.07) is -1.06. The Morgan fingerprint density at radius 3 is 1.91 bits per heavy atom. The fourth-order valence-electron chi connectivity index (χ4n) is 3.14. The number of rotatable bonds is 15. The maximum Gasteiger partial charge on any atom is 0.305 e. The van der Waals surface area contributed by atoms with Gasteiger partial charge in [0.1, 0.15) is 18.8 Å². The first kappa shape index (κ1) is 30.2. The van der Waals surface area contributed by atoms with E-state index in [2.05, 4.69) is 5.32 Å². The molecule has 1 fully saturated rings. The average molecular weight is 507 g/mol. The van der Waals surface area contributed by atoms with Crippen LogP contribution < -0.4 is 5.32 Å². The van der Waals surface area contributed by atoms with E-state index in [1.807, 2.05) is 0 Å². The molecule has 1 amide bonds. The van der Waals surface area contributed by atoms with Crippen molar-refractivity contribution in [1.82, 2.24) is 5.32 Å². The van der Waals surface area contributed by atoms with Crippen molar-refractivity contribution in [1.29, 1.82) is 0 Å². The van der Waals surface area contributed by atoms with Crippen LogP contribution in [0.3, 0.4) is 0 Å². The smallest absolute Gasteiger partial charge is 0.305 e. The fraction of sp³-hybridized carbons (Fsp3) is 0.762. The van der Waals surface area contributed by atoms with E-state index in [-0.39, 0.29) is 46.1 Å².